The molecule has 1 aromatic carbocycles. The number of benzene rings is 1. The second-order valence-electron chi connectivity index (χ2n) is 4.05. The SMILES string of the molecule is CCOC(=O)C(C)c1cccc2cnc(Cl)cc12. The zero-order valence-electron chi connectivity index (χ0n) is 10.3. The molecule has 0 spiro atoms. The van der Waals surface area contributed by atoms with Gasteiger partial charge in [-0.25, -0.2) is 4.98 Å². The van der Waals surface area contributed by atoms with Crippen molar-refractivity contribution in [2.75, 3.05) is 6.61 Å². The summed E-state index contributed by atoms with van der Waals surface area (Å²) in [6, 6.07) is 7.55. The predicted octanol–water partition coefficient (Wildman–Crippen LogP) is 3.55. The molecule has 1 heterocycles. The number of hydrogen-bond acceptors (Lipinski definition) is 3. The van der Waals surface area contributed by atoms with Crippen molar-refractivity contribution < 1.29 is 9.53 Å². The quantitative estimate of drug-likeness (QED) is 0.628. The molecule has 1 aromatic heterocycles. The number of aromatic nitrogens is 1. The molecule has 0 aliphatic rings. The van der Waals surface area contributed by atoms with Crippen LogP contribution < -0.4 is 0 Å². The lowest BCUT2D eigenvalue weighted by Crippen LogP contribution is -2.13. The van der Waals surface area contributed by atoms with Crippen LogP contribution in [0.3, 0.4) is 0 Å². The normalized spacial score (nSPS) is 12.4. The predicted molar refractivity (Wildman–Crippen MR) is 71.8 cm³/mol. The third kappa shape index (κ3) is 2.46. The van der Waals surface area contributed by atoms with Crippen LogP contribution >= 0.6 is 11.6 Å². The Morgan fingerprint density at radius 1 is 1.50 bits per heavy atom. The Balaban J connectivity index is 2.50. The van der Waals surface area contributed by atoms with Crippen LogP contribution in [0.15, 0.2) is 30.5 Å². The minimum Gasteiger partial charge on any atom is -0.466 e. The van der Waals surface area contributed by atoms with Crippen LogP contribution in [0.1, 0.15) is 25.3 Å². The molecule has 0 saturated carbocycles. The van der Waals surface area contributed by atoms with E-state index in [0.29, 0.717) is 11.8 Å². The lowest BCUT2D eigenvalue weighted by molar-refractivity contribution is -0.144. The van der Waals surface area contributed by atoms with Gasteiger partial charge in [-0.05, 0) is 30.9 Å². The Kier molecular flexibility index (Phi) is 3.82. The summed E-state index contributed by atoms with van der Waals surface area (Å²) in [4.78, 5) is 15.8. The summed E-state index contributed by atoms with van der Waals surface area (Å²) in [5, 5.41) is 2.33. The lowest BCUT2D eigenvalue weighted by atomic mass is 9.96. The molecule has 0 amide bonds. The zero-order valence-corrected chi connectivity index (χ0v) is 11.1. The molecular formula is C14H14ClNO2. The van der Waals surface area contributed by atoms with E-state index in [1.807, 2.05) is 25.1 Å². The van der Waals surface area contributed by atoms with Gasteiger partial charge in [-0.3, -0.25) is 4.79 Å². The monoisotopic (exact) mass is 263 g/mol. The maximum absolute atomic E-state index is 11.8. The number of fused-ring (bicyclic) bond motifs is 1. The van der Waals surface area contributed by atoms with E-state index in [4.69, 9.17) is 16.3 Å². The summed E-state index contributed by atoms with van der Waals surface area (Å²) in [6.45, 7) is 4.02. The minimum atomic E-state index is -0.313. The van der Waals surface area contributed by atoms with Crippen LogP contribution in [-0.2, 0) is 9.53 Å². The number of nitrogens with zero attached hydrogens (tertiary/aromatic N) is 1. The summed E-state index contributed by atoms with van der Waals surface area (Å²) in [5.41, 5.74) is 0.912. The number of rotatable bonds is 3. The van der Waals surface area contributed by atoms with Crippen molar-refractivity contribution in [2.45, 2.75) is 19.8 Å². The number of hydrogen-bond donors (Lipinski definition) is 0. The third-order valence-corrected chi connectivity index (χ3v) is 3.08. The van der Waals surface area contributed by atoms with Crippen molar-refractivity contribution in [3.05, 3.63) is 41.2 Å². The Hall–Kier alpha value is -1.61. The second-order valence-corrected chi connectivity index (χ2v) is 4.44. The molecule has 1 atom stereocenters. The molecule has 0 aliphatic carbocycles. The largest absolute Gasteiger partial charge is 0.466 e. The van der Waals surface area contributed by atoms with Crippen LogP contribution in [0.2, 0.25) is 5.15 Å². The van der Waals surface area contributed by atoms with Gasteiger partial charge in [0.2, 0.25) is 0 Å². The van der Waals surface area contributed by atoms with E-state index >= 15 is 0 Å². The van der Waals surface area contributed by atoms with E-state index in [9.17, 15) is 4.79 Å². The van der Waals surface area contributed by atoms with Gasteiger partial charge >= 0.3 is 5.97 Å². The molecule has 0 aliphatic heterocycles. The fourth-order valence-electron chi connectivity index (χ4n) is 1.94. The van der Waals surface area contributed by atoms with Gasteiger partial charge in [0, 0.05) is 11.6 Å². The van der Waals surface area contributed by atoms with E-state index in [-0.39, 0.29) is 11.9 Å². The highest BCUT2D eigenvalue weighted by Crippen LogP contribution is 2.27. The van der Waals surface area contributed by atoms with E-state index in [1.54, 1.807) is 19.2 Å². The van der Waals surface area contributed by atoms with Crippen LogP contribution in [0.4, 0.5) is 0 Å². The average molecular weight is 264 g/mol. The maximum Gasteiger partial charge on any atom is 0.313 e. The highest BCUT2D eigenvalue weighted by atomic mass is 35.5. The molecule has 94 valence electrons. The van der Waals surface area contributed by atoms with Gasteiger partial charge < -0.3 is 4.74 Å². The molecule has 0 N–H and O–H groups in total. The molecule has 0 saturated heterocycles. The smallest absolute Gasteiger partial charge is 0.313 e. The molecule has 3 nitrogen and oxygen atoms in total. The number of carbonyl (C=O) groups excluding carboxylic acids is 1. The van der Waals surface area contributed by atoms with Gasteiger partial charge in [0.25, 0.3) is 0 Å². The second kappa shape index (κ2) is 5.36. The minimum absolute atomic E-state index is 0.224. The average Bonchev–Trinajstić information content (AvgIpc) is 2.37. The third-order valence-electron chi connectivity index (χ3n) is 2.87. The molecule has 1 unspecified atom stereocenters. The van der Waals surface area contributed by atoms with Gasteiger partial charge in [-0.1, -0.05) is 29.8 Å². The first-order chi connectivity index (χ1) is 8.63. The highest BCUT2D eigenvalue weighted by molar-refractivity contribution is 6.30. The number of esters is 1. The van der Waals surface area contributed by atoms with Crippen molar-refractivity contribution in [3.8, 4) is 0 Å². The van der Waals surface area contributed by atoms with Crippen molar-refractivity contribution in [1.29, 1.82) is 0 Å². The van der Waals surface area contributed by atoms with Crippen LogP contribution in [0.5, 0.6) is 0 Å². The molecule has 0 radical (unpaired) electrons. The van der Waals surface area contributed by atoms with Gasteiger partial charge in [0.15, 0.2) is 0 Å². The van der Waals surface area contributed by atoms with Gasteiger partial charge in [0.1, 0.15) is 5.15 Å². The molecule has 18 heavy (non-hydrogen) atoms. The summed E-state index contributed by atoms with van der Waals surface area (Å²) in [5.74, 6) is -0.537. The highest BCUT2D eigenvalue weighted by Gasteiger charge is 2.18. The topological polar surface area (TPSA) is 39.2 Å². The van der Waals surface area contributed by atoms with E-state index in [1.165, 1.54) is 0 Å². The fraction of sp³-hybridized carbons (Fsp3) is 0.286. The molecule has 4 heteroatoms. The van der Waals surface area contributed by atoms with E-state index in [0.717, 1.165) is 16.3 Å². The lowest BCUT2D eigenvalue weighted by Gasteiger charge is -2.13. The van der Waals surface area contributed by atoms with Gasteiger partial charge in [-0.2, -0.15) is 0 Å². The Labute approximate surface area is 111 Å². The number of carbonyl (C=O) groups is 1. The number of ether oxygens (including phenoxy) is 1. The van der Waals surface area contributed by atoms with E-state index in [2.05, 4.69) is 4.98 Å². The first-order valence-corrected chi connectivity index (χ1v) is 6.22. The van der Waals surface area contributed by atoms with Crippen molar-refractivity contribution in [2.24, 2.45) is 0 Å². The Morgan fingerprint density at radius 2 is 2.28 bits per heavy atom. The van der Waals surface area contributed by atoms with Crippen LogP contribution in [-0.4, -0.2) is 17.6 Å². The van der Waals surface area contributed by atoms with Crippen molar-refractivity contribution in [3.63, 3.8) is 0 Å². The molecular weight excluding hydrogens is 250 g/mol. The van der Waals surface area contributed by atoms with Crippen molar-refractivity contribution in [1.82, 2.24) is 4.98 Å². The Bertz CT molecular complexity index is 583. The summed E-state index contributed by atoms with van der Waals surface area (Å²) in [6.07, 6.45) is 1.71. The fourth-order valence-corrected chi connectivity index (χ4v) is 2.10. The van der Waals surface area contributed by atoms with Gasteiger partial charge in [0.05, 0.1) is 12.5 Å². The van der Waals surface area contributed by atoms with Crippen LogP contribution in [0, 0.1) is 0 Å². The summed E-state index contributed by atoms with van der Waals surface area (Å²) >= 11 is 5.91. The standard InChI is InChI=1S/C14H14ClNO2/c1-3-18-14(17)9(2)11-6-4-5-10-8-16-13(15)7-12(10)11/h4-9H,3H2,1-2H3. The maximum atomic E-state index is 11.8. The number of halogens is 1. The molecule has 0 bridgehead atoms. The molecule has 2 aromatic rings. The molecule has 0 fully saturated rings. The Morgan fingerprint density at radius 3 is 3.00 bits per heavy atom. The van der Waals surface area contributed by atoms with E-state index < -0.39 is 0 Å². The van der Waals surface area contributed by atoms with Crippen molar-refractivity contribution >= 4 is 28.3 Å². The van der Waals surface area contributed by atoms with Gasteiger partial charge in [-0.15, -0.1) is 0 Å². The first kappa shape index (κ1) is 12.8. The molecule has 2 rings (SSSR count). The summed E-state index contributed by atoms with van der Waals surface area (Å²) < 4.78 is 5.05. The zero-order chi connectivity index (χ0) is 13.1. The first-order valence-electron chi connectivity index (χ1n) is 5.84. The number of pyridine rings is 1. The summed E-state index contributed by atoms with van der Waals surface area (Å²) in [7, 11) is 0. The van der Waals surface area contributed by atoms with Crippen LogP contribution in [0.25, 0.3) is 10.8 Å².